The van der Waals surface area contributed by atoms with Gasteiger partial charge in [0.2, 0.25) is 0 Å². The molecule has 1 aromatic carbocycles. The van der Waals surface area contributed by atoms with Crippen LogP contribution in [-0.4, -0.2) is 16.9 Å². The van der Waals surface area contributed by atoms with Crippen LogP contribution in [0.4, 0.5) is 5.69 Å². The molecule has 2 rings (SSSR count). The van der Waals surface area contributed by atoms with Crippen LogP contribution < -0.4 is 5.32 Å². The summed E-state index contributed by atoms with van der Waals surface area (Å²) in [6.45, 7) is 1.71. The number of carbonyl (C=O) groups excluding carboxylic acids is 1. The number of nitrogens with zero attached hydrogens (tertiary/aromatic N) is 2. The maximum absolute atomic E-state index is 12.1. The molecule has 1 atom stereocenters. The number of nitro groups is 1. The van der Waals surface area contributed by atoms with Gasteiger partial charge in [-0.3, -0.25) is 14.9 Å². The zero-order valence-corrected chi connectivity index (χ0v) is 10.4. The highest BCUT2D eigenvalue weighted by atomic mass is 16.6. The molecule has 0 aromatic heterocycles. The van der Waals surface area contributed by atoms with Crippen molar-refractivity contribution in [2.75, 3.05) is 0 Å². The zero-order chi connectivity index (χ0) is 14.0. The van der Waals surface area contributed by atoms with Gasteiger partial charge < -0.3 is 5.32 Å². The van der Waals surface area contributed by atoms with Crippen LogP contribution in [-0.2, 0) is 0 Å². The van der Waals surface area contributed by atoms with E-state index in [1.54, 1.807) is 6.92 Å². The third kappa shape index (κ3) is 2.88. The molecule has 1 saturated carbocycles. The molecular weight excluding hydrogens is 246 g/mol. The van der Waals surface area contributed by atoms with Crippen LogP contribution in [0.3, 0.4) is 0 Å². The summed E-state index contributed by atoms with van der Waals surface area (Å²) in [4.78, 5) is 22.2. The topological polar surface area (TPSA) is 96.0 Å². The Hall–Kier alpha value is -2.42. The summed E-state index contributed by atoms with van der Waals surface area (Å²) in [5, 5.41) is 22.3. The molecule has 0 heterocycles. The van der Waals surface area contributed by atoms with E-state index in [0.29, 0.717) is 5.56 Å². The van der Waals surface area contributed by atoms with E-state index in [2.05, 4.69) is 11.4 Å². The molecular formula is C13H13N3O3. The van der Waals surface area contributed by atoms with Gasteiger partial charge in [0, 0.05) is 17.7 Å². The minimum absolute atomic E-state index is 0.129. The Bertz CT molecular complexity index is 573. The Morgan fingerprint density at radius 3 is 2.79 bits per heavy atom. The second kappa shape index (κ2) is 5.06. The molecule has 6 heteroatoms. The first-order valence-corrected chi connectivity index (χ1v) is 5.98. The quantitative estimate of drug-likeness (QED) is 0.660. The lowest BCUT2D eigenvalue weighted by atomic mass is 10.1. The molecule has 1 amide bonds. The maximum Gasteiger partial charge on any atom is 0.270 e. The number of nitrogens with one attached hydrogen (secondary N) is 1. The van der Waals surface area contributed by atoms with Crippen LogP contribution in [0.2, 0.25) is 0 Å². The Balaban J connectivity index is 2.20. The molecule has 0 saturated heterocycles. The molecule has 1 aliphatic rings. The lowest BCUT2D eigenvalue weighted by Crippen LogP contribution is -2.35. The van der Waals surface area contributed by atoms with Gasteiger partial charge in [-0.25, -0.2) is 0 Å². The van der Waals surface area contributed by atoms with Crippen LogP contribution in [0.15, 0.2) is 18.2 Å². The summed E-state index contributed by atoms with van der Waals surface area (Å²) >= 11 is 0. The Kier molecular flexibility index (Phi) is 3.47. The summed E-state index contributed by atoms with van der Waals surface area (Å²) in [5.41, 5.74) is 0.765. The minimum atomic E-state index is -0.543. The van der Waals surface area contributed by atoms with Crippen LogP contribution >= 0.6 is 0 Å². The first-order chi connectivity index (χ1) is 9.02. The van der Waals surface area contributed by atoms with Crippen molar-refractivity contribution in [2.45, 2.75) is 25.8 Å². The molecule has 1 aliphatic carbocycles. The Labute approximate surface area is 110 Å². The number of benzene rings is 1. The molecule has 98 valence electrons. The number of amides is 1. The van der Waals surface area contributed by atoms with Crippen molar-refractivity contribution in [1.82, 2.24) is 5.32 Å². The van der Waals surface area contributed by atoms with E-state index in [1.165, 1.54) is 18.2 Å². The number of nitro benzene ring substituents is 1. The summed E-state index contributed by atoms with van der Waals surface area (Å²) in [5.74, 6) is -0.215. The first kappa shape index (κ1) is 13.0. The van der Waals surface area contributed by atoms with E-state index in [9.17, 15) is 14.9 Å². The maximum atomic E-state index is 12.1. The Morgan fingerprint density at radius 2 is 2.26 bits per heavy atom. The largest absolute Gasteiger partial charge is 0.336 e. The summed E-state index contributed by atoms with van der Waals surface area (Å²) < 4.78 is 0. The fourth-order valence-corrected chi connectivity index (χ4v) is 1.87. The Morgan fingerprint density at radius 1 is 1.58 bits per heavy atom. The molecule has 1 fully saturated rings. The van der Waals surface area contributed by atoms with Crippen LogP contribution in [0.5, 0.6) is 0 Å². The molecule has 1 unspecified atom stereocenters. The highest BCUT2D eigenvalue weighted by Crippen LogP contribution is 2.32. The lowest BCUT2D eigenvalue weighted by molar-refractivity contribution is -0.384. The van der Waals surface area contributed by atoms with Crippen LogP contribution in [0.1, 0.15) is 28.8 Å². The minimum Gasteiger partial charge on any atom is -0.336 e. The molecule has 19 heavy (non-hydrogen) atoms. The average molecular weight is 259 g/mol. The number of aryl methyl sites for hydroxylation is 1. The number of hydrogen-bond acceptors (Lipinski definition) is 4. The summed E-state index contributed by atoms with van der Waals surface area (Å²) in [7, 11) is 0. The predicted octanol–water partition coefficient (Wildman–Crippen LogP) is 1.94. The van der Waals surface area contributed by atoms with Gasteiger partial charge in [-0.1, -0.05) is 6.07 Å². The van der Waals surface area contributed by atoms with E-state index in [-0.39, 0.29) is 17.2 Å². The van der Waals surface area contributed by atoms with E-state index in [0.717, 1.165) is 12.8 Å². The highest BCUT2D eigenvalue weighted by molar-refractivity contribution is 5.96. The molecule has 0 bridgehead atoms. The van der Waals surface area contributed by atoms with E-state index < -0.39 is 16.9 Å². The van der Waals surface area contributed by atoms with Crippen molar-refractivity contribution in [2.24, 2.45) is 5.92 Å². The van der Waals surface area contributed by atoms with Gasteiger partial charge in [0.15, 0.2) is 0 Å². The predicted molar refractivity (Wildman–Crippen MR) is 67.4 cm³/mol. The molecule has 0 spiro atoms. The number of non-ortho nitro benzene ring substituents is 1. The van der Waals surface area contributed by atoms with E-state index in [1.807, 2.05) is 0 Å². The third-order valence-corrected chi connectivity index (χ3v) is 3.20. The fraction of sp³-hybridized carbons (Fsp3) is 0.385. The normalized spacial score (nSPS) is 15.4. The first-order valence-electron chi connectivity index (χ1n) is 5.98. The molecule has 0 radical (unpaired) electrons. The standard InChI is InChI=1S/C13H13N3O3/c1-8-2-5-10(16(18)19)6-11(8)13(17)15-12(7-14)9-3-4-9/h2,5-6,9,12H,3-4H2,1H3,(H,15,17). The third-order valence-electron chi connectivity index (χ3n) is 3.20. The number of hydrogen-bond donors (Lipinski definition) is 1. The van der Waals surface area contributed by atoms with E-state index >= 15 is 0 Å². The lowest BCUT2D eigenvalue weighted by Gasteiger charge is -2.11. The van der Waals surface area contributed by atoms with Gasteiger partial charge in [0.25, 0.3) is 11.6 Å². The van der Waals surface area contributed by atoms with E-state index in [4.69, 9.17) is 5.26 Å². The van der Waals surface area contributed by atoms with Crippen LogP contribution in [0.25, 0.3) is 0 Å². The van der Waals surface area contributed by atoms with Crippen molar-refractivity contribution < 1.29 is 9.72 Å². The number of carbonyl (C=O) groups is 1. The van der Waals surface area contributed by atoms with Crippen molar-refractivity contribution >= 4 is 11.6 Å². The van der Waals surface area contributed by atoms with Crippen LogP contribution in [0, 0.1) is 34.3 Å². The van der Waals surface area contributed by atoms with Crippen molar-refractivity contribution in [3.63, 3.8) is 0 Å². The van der Waals surface area contributed by atoms with Crippen molar-refractivity contribution in [1.29, 1.82) is 5.26 Å². The highest BCUT2D eigenvalue weighted by Gasteiger charge is 2.32. The monoisotopic (exact) mass is 259 g/mol. The molecule has 6 nitrogen and oxygen atoms in total. The molecule has 0 aliphatic heterocycles. The van der Waals surface area contributed by atoms with Gasteiger partial charge in [0.1, 0.15) is 6.04 Å². The zero-order valence-electron chi connectivity index (χ0n) is 10.4. The number of rotatable bonds is 4. The number of nitriles is 1. The molecule has 1 N–H and O–H groups in total. The summed E-state index contributed by atoms with van der Waals surface area (Å²) in [6, 6.07) is 5.68. The average Bonchev–Trinajstić information content (AvgIpc) is 3.20. The van der Waals surface area contributed by atoms with Gasteiger partial charge >= 0.3 is 0 Å². The van der Waals surface area contributed by atoms with Gasteiger partial charge in [-0.05, 0) is 31.2 Å². The second-order valence-electron chi connectivity index (χ2n) is 4.67. The SMILES string of the molecule is Cc1ccc([N+](=O)[O-])cc1C(=O)NC(C#N)C1CC1. The smallest absolute Gasteiger partial charge is 0.270 e. The van der Waals surface area contributed by atoms with Gasteiger partial charge in [-0.2, -0.15) is 5.26 Å². The van der Waals surface area contributed by atoms with Crippen molar-refractivity contribution in [3.8, 4) is 6.07 Å². The summed E-state index contributed by atoms with van der Waals surface area (Å²) in [6.07, 6.45) is 1.87. The molecule has 1 aromatic rings. The van der Waals surface area contributed by atoms with Crippen molar-refractivity contribution in [3.05, 3.63) is 39.4 Å². The van der Waals surface area contributed by atoms with Gasteiger partial charge in [0.05, 0.1) is 11.0 Å². The fourth-order valence-electron chi connectivity index (χ4n) is 1.87. The second-order valence-corrected chi connectivity index (χ2v) is 4.67. The van der Waals surface area contributed by atoms with Gasteiger partial charge in [-0.15, -0.1) is 0 Å².